The van der Waals surface area contributed by atoms with Crippen molar-refractivity contribution in [3.05, 3.63) is 48.0 Å². The minimum Gasteiger partial charge on any atom is -0.341 e. The highest BCUT2D eigenvalue weighted by Crippen LogP contribution is 2.31. The van der Waals surface area contributed by atoms with Gasteiger partial charge in [-0.1, -0.05) is 63.1 Å². The third-order valence-electron chi connectivity index (χ3n) is 5.81. The van der Waals surface area contributed by atoms with Crippen LogP contribution >= 0.6 is 0 Å². The molecular formula is C24H31N3O3. The van der Waals surface area contributed by atoms with Crippen LogP contribution in [0.15, 0.2) is 42.5 Å². The Kier molecular flexibility index (Phi) is 6.75. The van der Waals surface area contributed by atoms with Crippen molar-refractivity contribution in [3.8, 4) is 0 Å². The predicted molar refractivity (Wildman–Crippen MR) is 118 cm³/mol. The lowest BCUT2D eigenvalue weighted by Crippen LogP contribution is -2.45. The van der Waals surface area contributed by atoms with E-state index >= 15 is 0 Å². The number of hydrogen-bond acceptors (Lipinski definition) is 3. The monoisotopic (exact) mass is 409 g/mol. The summed E-state index contributed by atoms with van der Waals surface area (Å²) in [6.45, 7) is 6.95. The second kappa shape index (κ2) is 9.28. The molecule has 6 nitrogen and oxygen atoms in total. The summed E-state index contributed by atoms with van der Waals surface area (Å²) in [7, 11) is 0. The fraction of sp³-hybridized carbons (Fsp3) is 0.458. The molecule has 2 aromatic carbocycles. The second-order valence-electron chi connectivity index (χ2n) is 8.10. The Morgan fingerprint density at radius 1 is 1.00 bits per heavy atom. The van der Waals surface area contributed by atoms with Crippen molar-refractivity contribution in [3.63, 3.8) is 0 Å². The third kappa shape index (κ3) is 4.32. The van der Waals surface area contributed by atoms with E-state index in [-0.39, 0.29) is 18.4 Å². The molecule has 1 N–H and O–H groups in total. The van der Waals surface area contributed by atoms with Crippen molar-refractivity contribution in [1.82, 2.24) is 15.1 Å². The van der Waals surface area contributed by atoms with Gasteiger partial charge in [0.05, 0.1) is 0 Å². The lowest BCUT2D eigenvalue weighted by atomic mass is 9.90. The Morgan fingerprint density at radius 3 is 2.27 bits per heavy atom. The highest BCUT2D eigenvalue weighted by Gasteiger charge is 2.49. The van der Waals surface area contributed by atoms with E-state index in [9.17, 15) is 14.4 Å². The zero-order chi connectivity index (χ0) is 21.7. The van der Waals surface area contributed by atoms with Crippen LogP contribution in [0, 0.1) is 0 Å². The molecule has 0 aromatic heterocycles. The summed E-state index contributed by atoms with van der Waals surface area (Å²) in [6, 6.07) is 13.1. The van der Waals surface area contributed by atoms with E-state index in [1.165, 1.54) is 0 Å². The summed E-state index contributed by atoms with van der Waals surface area (Å²) in [5.74, 6) is -0.565. The van der Waals surface area contributed by atoms with Gasteiger partial charge < -0.3 is 10.2 Å². The maximum Gasteiger partial charge on any atom is 0.325 e. The second-order valence-corrected chi connectivity index (χ2v) is 8.10. The first-order chi connectivity index (χ1) is 14.4. The van der Waals surface area contributed by atoms with E-state index < -0.39 is 11.6 Å². The van der Waals surface area contributed by atoms with Gasteiger partial charge >= 0.3 is 6.03 Å². The number of imide groups is 1. The van der Waals surface area contributed by atoms with Crippen LogP contribution in [0.2, 0.25) is 0 Å². The van der Waals surface area contributed by atoms with Gasteiger partial charge in [-0.2, -0.15) is 0 Å². The van der Waals surface area contributed by atoms with Gasteiger partial charge in [0, 0.05) is 13.1 Å². The molecule has 0 saturated carbocycles. The van der Waals surface area contributed by atoms with Gasteiger partial charge in [-0.05, 0) is 42.2 Å². The number of carbonyl (C=O) groups excluding carboxylic acids is 3. The minimum absolute atomic E-state index is 0.178. The number of rotatable bonds is 9. The molecular weight excluding hydrogens is 378 g/mol. The van der Waals surface area contributed by atoms with Crippen LogP contribution in [0.1, 0.15) is 52.0 Å². The molecule has 0 aliphatic carbocycles. The summed E-state index contributed by atoms with van der Waals surface area (Å²) in [4.78, 5) is 41.6. The molecule has 1 heterocycles. The van der Waals surface area contributed by atoms with Gasteiger partial charge in [0.25, 0.3) is 5.91 Å². The van der Waals surface area contributed by atoms with Crippen LogP contribution in [-0.2, 0) is 15.1 Å². The molecule has 0 spiro atoms. The van der Waals surface area contributed by atoms with Gasteiger partial charge in [0.15, 0.2) is 0 Å². The van der Waals surface area contributed by atoms with Gasteiger partial charge in [0.1, 0.15) is 12.1 Å². The summed E-state index contributed by atoms with van der Waals surface area (Å²) in [6.07, 6.45) is 3.78. The van der Waals surface area contributed by atoms with Crippen LogP contribution in [0.3, 0.4) is 0 Å². The van der Waals surface area contributed by atoms with Gasteiger partial charge in [-0.25, -0.2) is 4.79 Å². The molecule has 0 bridgehead atoms. The molecule has 6 heteroatoms. The number of unbranched alkanes of at least 4 members (excludes halogenated alkanes) is 2. The van der Waals surface area contributed by atoms with Gasteiger partial charge in [-0.15, -0.1) is 0 Å². The SMILES string of the molecule is CCCCN(CCCC)C(=O)CN1C(=O)N[C@@](C)(c2ccc3ccccc3c2)C1=O. The van der Waals surface area contributed by atoms with Crippen molar-refractivity contribution in [2.24, 2.45) is 0 Å². The summed E-state index contributed by atoms with van der Waals surface area (Å²) in [5, 5.41) is 4.87. The Bertz CT molecular complexity index is 934. The molecule has 0 unspecified atom stereocenters. The first-order valence-corrected chi connectivity index (χ1v) is 10.8. The molecule has 1 saturated heterocycles. The van der Waals surface area contributed by atoms with Crippen molar-refractivity contribution < 1.29 is 14.4 Å². The fourth-order valence-corrected chi connectivity index (χ4v) is 3.83. The van der Waals surface area contributed by atoms with Crippen molar-refractivity contribution >= 4 is 28.6 Å². The van der Waals surface area contributed by atoms with E-state index in [0.29, 0.717) is 18.7 Å². The summed E-state index contributed by atoms with van der Waals surface area (Å²) >= 11 is 0. The molecule has 30 heavy (non-hydrogen) atoms. The minimum atomic E-state index is -1.18. The molecule has 0 radical (unpaired) electrons. The van der Waals surface area contributed by atoms with Crippen molar-refractivity contribution in [2.75, 3.05) is 19.6 Å². The fourth-order valence-electron chi connectivity index (χ4n) is 3.83. The van der Waals surface area contributed by atoms with Crippen molar-refractivity contribution in [2.45, 2.75) is 52.0 Å². The first-order valence-electron chi connectivity index (χ1n) is 10.8. The smallest absolute Gasteiger partial charge is 0.325 e. The highest BCUT2D eigenvalue weighted by molar-refractivity contribution is 6.09. The van der Waals surface area contributed by atoms with Gasteiger partial charge in [-0.3, -0.25) is 14.5 Å². The number of nitrogens with zero attached hydrogens (tertiary/aromatic N) is 2. The highest BCUT2D eigenvalue weighted by atomic mass is 16.2. The van der Waals surface area contributed by atoms with E-state index in [1.54, 1.807) is 11.8 Å². The lowest BCUT2D eigenvalue weighted by molar-refractivity contribution is -0.139. The molecule has 1 fully saturated rings. The number of carbonyl (C=O) groups is 3. The number of hydrogen-bond donors (Lipinski definition) is 1. The van der Waals surface area contributed by atoms with E-state index in [0.717, 1.165) is 41.4 Å². The average molecular weight is 410 g/mol. The molecule has 1 aliphatic heterocycles. The molecule has 2 aromatic rings. The Balaban J connectivity index is 1.79. The maximum atomic E-state index is 13.2. The zero-order valence-electron chi connectivity index (χ0n) is 18.1. The predicted octanol–water partition coefficient (Wildman–Crippen LogP) is 4.04. The zero-order valence-corrected chi connectivity index (χ0v) is 18.1. The van der Waals surface area contributed by atoms with Crippen LogP contribution in [0.4, 0.5) is 4.79 Å². The Morgan fingerprint density at radius 2 is 1.63 bits per heavy atom. The normalized spacial score (nSPS) is 18.7. The maximum absolute atomic E-state index is 13.2. The molecule has 1 aliphatic rings. The number of urea groups is 1. The molecule has 4 amide bonds. The molecule has 160 valence electrons. The Hall–Kier alpha value is -2.89. The summed E-state index contributed by atoms with van der Waals surface area (Å²) < 4.78 is 0. The average Bonchev–Trinajstić information content (AvgIpc) is 2.97. The number of fused-ring (bicyclic) bond motifs is 1. The van der Waals surface area contributed by atoms with Crippen LogP contribution in [0.25, 0.3) is 10.8 Å². The quantitative estimate of drug-likeness (QED) is 0.636. The topological polar surface area (TPSA) is 69.7 Å². The Labute approximate surface area is 178 Å². The van der Waals surface area contributed by atoms with Crippen LogP contribution < -0.4 is 5.32 Å². The third-order valence-corrected chi connectivity index (χ3v) is 5.81. The van der Waals surface area contributed by atoms with E-state index in [4.69, 9.17) is 0 Å². The summed E-state index contributed by atoms with van der Waals surface area (Å²) in [5.41, 5.74) is -0.470. The van der Waals surface area contributed by atoms with Crippen molar-refractivity contribution in [1.29, 1.82) is 0 Å². The standard InChI is InChI=1S/C24H31N3O3/c1-4-6-14-26(15-7-5-2)21(28)17-27-22(29)24(3,25-23(27)30)20-13-12-18-10-8-9-11-19(18)16-20/h8-13,16H,4-7,14-15,17H2,1-3H3,(H,25,30)/t24-/m0/s1. The molecule has 1 atom stereocenters. The molecule has 3 rings (SSSR count). The van der Waals surface area contributed by atoms with E-state index in [2.05, 4.69) is 19.2 Å². The van der Waals surface area contributed by atoms with Crippen LogP contribution in [-0.4, -0.2) is 47.3 Å². The lowest BCUT2D eigenvalue weighted by Gasteiger charge is -2.25. The number of nitrogens with one attached hydrogen (secondary N) is 1. The first kappa shape index (κ1) is 21.8. The largest absolute Gasteiger partial charge is 0.341 e. The number of amides is 4. The van der Waals surface area contributed by atoms with Crippen LogP contribution in [0.5, 0.6) is 0 Å². The number of benzene rings is 2. The van der Waals surface area contributed by atoms with E-state index in [1.807, 2.05) is 42.5 Å². The van der Waals surface area contributed by atoms with Gasteiger partial charge in [0.2, 0.25) is 5.91 Å².